The van der Waals surface area contributed by atoms with Gasteiger partial charge in [0.1, 0.15) is 5.82 Å². The lowest BCUT2D eigenvalue weighted by atomic mass is 9.83. The van der Waals surface area contributed by atoms with E-state index in [1.807, 2.05) is 13.1 Å². The van der Waals surface area contributed by atoms with Crippen molar-refractivity contribution in [3.63, 3.8) is 0 Å². The molecular formula is C12H17ClFN. The first-order valence-electron chi connectivity index (χ1n) is 5.24. The molecule has 1 aromatic rings. The maximum atomic E-state index is 13.0. The lowest BCUT2D eigenvalue weighted by Crippen LogP contribution is -2.21. The van der Waals surface area contributed by atoms with Crippen molar-refractivity contribution in [1.82, 2.24) is 5.32 Å². The summed E-state index contributed by atoms with van der Waals surface area (Å²) < 4.78 is 13.0. The van der Waals surface area contributed by atoms with Crippen LogP contribution in [0.3, 0.4) is 0 Å². The molecule has 0 fully saturated rings. The molecule has 84 valence electrons. The molecule has 1 N–H and O–H groups in total. The molecule has 1 aliphatic carbocycles. The van der Waals surface area contributed by atoms with E-state index in [1.54, 1.807) is 12.1 Å². The van der Waals surface area contributed by atoms with Crippen molar-refractivity contribution in [3.8, 4) is 0 Å². The Kier molecular flexibility index (Phi) is 4.55. The Hall–Kier alpha value is -0.600. The molecule has 15 heavy (non-hydrogen) atoms. The average Bonchev–Trinajstić information content (AvgIpc) is 2.18. The molecule has 1 nitrogen and oxygen atoms in total. The van der Waals surface area contributed by atoms with E-state index >= 15 is 0 Å². The molecule has 3 heteroatoms. The number of rotatable bonds is 2. The maximum Gasteiger partial charge on any atom is 0.123 e. The molecule has 1 aromatic carbocycles. The highest BCUT2D eigenvalue weighted by molar-refractivity contribution is 5.85. The van der Waals surface area contributed by atoms with Gasteiger partial charge >= 0.3 is 0 Å². The second kappa shape index (κ2) is 5.47. The second-order valence-corrected chi connectivity index (χ2v) is 3.99. The van der Waals surface area contributed by atoms with Crippen molar-refractivity contribution < 1.29 is 4.39 Å². The number of halogens is 2. The normalized spacial score (nSPS) is 19.2. The molecule has 1 atom stereocenters. The van der Waals surface area contributed by atoms with Gasteiger partial charge in [-0.15, -0.1) is 12.4 Å². The van der Waals surface area contributed by atoms with Crippen molar-refractivity contribution in [3.05, 3.63) is 35.1 Å². The highest BCUT2D eigenvalue weighted by Gasteiger charge is 2.19. The Bertz CT molecular complexity index is 327. The molecule has 0 amide bonds. The lowest BCUT2D eigenvalue weighted by molar-refractivity contribution is 0.524. The Morgan fingerprint density at radius 3 is 3.00 bits per heavy atom. The first-order valence-corrected chi connectivity index (χ1v) is 5.24. The largest absolute Gasteiger partial charge is 0.319 e. The third-order valence-corrected chi connectivity index (χ3v) is 2.99. The number of likely N-dealkylation sites (N-methyl/N-ethyl adjacent to an activating group) is 1. The highest BCUT2D eigenvalue weighted by atomic mass is 35.5. The van der Waals surface area contributed by atoms with E-state index in [0.717, 1.165) is 13.0 Å². The van der Waals surface area contributed by atoms with Crippen LogP contribution in [-0.4, -0.2) is 13.6 Å². The summed E-state index contributed by atoms with van der Waals surface area (Å²) in [6.45, 7) is 0.999. The zero-order valence-electron chi connectivity index (χ0n) is 8.92. The molecule has 0 saturated carbocycles. The van der Waals surface area contributed by atoms with Gasteiger partial charge in [-0.1, -0.05) is 6.07 Å². The number of aryl methyl sites for hydroxylation is 1. The fourth-order valence-electron chi connectivity index (χ4n) is 2.34. The molecule has 2 rings (SSSR count). The SMILES string of the molecule is CNCC1CCCc2cc(F)ccc21.Cl. The number of fused-ring (bicyclic) bond motifs is 1. The third-order valence-electron chi connectivity index (χ3n) is 2.99. The van der Waals surface area contributed by atoms with Crippen molar-refractivity contribution >= 4 is 12.4 Å². The van der Waals surface area contributed by atoms with Gasteiger partial charge < -0.3 is 5.32 Å². The van der Waals surface area contributed by atoms with Gasteiger partial charge in [0.05, 0.1) is 0 Å². The first kappa shape index (κ1) is 12.5. The van der Waals surface area contributed by atoms with Crippen LogP contribution >= 0.6 is 12.4 Å². The molecular weight excluding hydrogens is 213 g/mol. The third kappa shape index (κ3) is 2.70. The maximum absolute atomic E-state index is 13.0. The highest BCUT2D eigenvalue weighted by Crippen LogP contribution is 2.31. The van der Waals surface area contributed by atoms with Gasteiger partial charge in [-0.25, -0.2) is 4.39 Å². The van der Waals surface area contributed by atoms with Crippen molar-refractivity contribution in [2.75, 3.05) is 13.6 Å². The minimum Gasteiger partial charge on any atom is -0.319 e. The number of hydrogen-bond donors (Lipinski definition) is 1. The van der Waals surface area contributed by atoms with Gasteiger partial charge in [-0.2, -0.15) is 0 Å². The van der Waals surface area contributed by atoms with Crippen molar-refractivity contribution in [1.29, 1.82) is 0 Å². The standard InChI is InChI=1S/C12H16FN.ClH/c1-14-8-10-4-2-3-9-7-11(13)5-6-12(9)10;/h5-7,10,14H,2-4,8H2,1H3;1H. The molecule has 1 unspecified atom stereocenters. The van der Waals surface area contributed by atoms with Gasteiger partial charge in [0.2, 0.25) is 0 Å². The Balaban J connectivity index is 0.00000112. The van der Waals surface area contributed by atoms with E-state index in [9.17, 15) is 4.39 Å². The average molecular weight is 230 g/mol. The summed E-state index contributed by atoms with van der Waals surface area (Å²) in [7, 11) is 1.97. The van der Waals surface area contributed by atoms with Gasteiger partial charge in [-0.05, 0) is 55.5 Å². The van der Waals surface area contributed by atoms with E-state index < -0.39 is 0 Å². The Labute approximate surface area is 96.5 Å². The summed E-state index contributed by atoms with van der Waals surface area (Å²) in [5.74, 6) is 0.471. The molecule has 1 aliphatic rings. The summed E-state index contributed by atoms with van der Waals surface area (Å²) in [5.41, 5.74) is 2.54. The van der Waals surface area contributed by atoms with Crippen LogP contribution < -0.4 is 5.32 Å². The van der Waals surface area contributed by atoms with Gasteiger partial charge in [0.15, 0.2) is 0 Å². The quantitative estimate of drug-likeness (QED) is 0.823. The van der Waals surface area contributed by atoms with Crippen LogP contribution in [0.2, 0.25) is 0 Å². The van der Waals surface area contributed by atoms with E-state index in [2.05, 4.69) is 5.32 Å². The summed E-state index contributed by atoms with van der Waals surface area (Å²) in [4.78, 5) is 0. The molecule has 0 saturated heterocycles. The molecule has 0 aromatic heterocycles. The van der Waals surface area contributed by atoms with Crippen LogP contribution in [0.25, 0.3) is 0 Å². The van der Waals surface area contributed by atoms with Crippen LogP contribution in [-0.2, 0) is 6.42 Å². The minimum absolute atomic E-state index is 0. The summed E-state index contributed by atoms with van der Waals surface area (Å²) in [6.07, 6.45) is 3.44. The monoisotopic (exact) mass is 229 g/mol. The van der Waals surface area contributed by atoms with Crippen molar-refractivity contribution in [2.24, 2.45) is 0 Å². The van der Waals surface area contributed by atoms with Crippen LogP contribution in [0.1, 0.15) is 29.9 Å². The fourth-order valence-corrected chi connectivity index (χ4v) is 2.34. The van der Waals surface area contributed by atoms with E-state index in [-0.39, 0.29) is 18.2 Å². The van der Waals surface area contributed by atoms with Crippen LogP contribution in [0.15, 0.2) is 18.2 Å². The van der Waals surface area contributed by atoms with Gasteiger partial charge in [0, 0.05) is 6.54 Å². The fraction of sp³-hybridized carbons (Fsp3) is 0.500. The zero-order chi connectivity index (χ0) is 9.97. The van der Waals surface area contributed by atoms with Crippen LogP contribution in [0.5, 0.6) is 0 Å². The van der Waals surface area contributed by atoms with Gasteiger partial charge in [0.25, 0.3) is 0 Å². The summed E-state index contributed by atoms with van der Waals surface area (Å²) in [5, 5.41) is 3.20. The molecule has 0 spiro atoms. The first-order chi connectivity index (χ1) is 6.81. The second-order valence-electron chi connectivity index (χ2n) is 3.99. The summed E-state index contributed by atoms with van der Waals surface area (Å²) in [6, 6.07) is 5.22. The summed E-state index contributed by atoms with van der Waals surface area (Å²) >= 11 is 0. The van der Waals surface area contributed by atoms with Crippen LogP contribution in [0, 0.1) is 5.82 Å². The van der Waals surface area contributed by atoms with E-state index in [0.29, 0.717) is 5.92 Å². The Morgan fingerprint density at radius 1 is 1.47 bits per heavy atom. The number of nitrogens with one attached hydrogen (secondary N) is 1. The molecule has 0 aliphatic heterocycles. The lowest BCUT2D eigenvalue weighted by Gasteiger charge is -2.25. The van der Waals surface area contributed by atoms with Gasteiger partial charge in [-0.3, -0.25) is 0 Å². The molecule has 0 radical (unpaired) electrons. The Morgan fingerprint density at radius 2 is 2.27 bits per heavy atom. The predicted octanol–water partition coefficient (Wildman–Crippen LogP) is 2.89. The number of benzene rings is 1. The van der Waals surface area contributed by atoms with E-state index in [4.69, 9.17) is 0 Å². The van der Waals surface area contributed by atoms with E-state index in [1.165, 1.54) is 24.0 Å². The number of hydrogen-bond acceptors (Lipinski definition) is 1. The predicted molar refractivity (Wildman–Crippen MR) is 63.3 cm³/mol. The van der Waals surface area contributed by atoms with Crippen LogP contribution in [0.4, 0.5) is 4.39 Å². The smallest absolute Gasteiger partial charge is 0.123 e. The topological polar surface area (TPSA) is 12.0 Å². The zero-order valence-corrected chi connectivity index (χ0v) is 9.74. The molecule has 0 bridgehead atoms. The molecule has 0 heterocycles. The minimum atomic E-state index is -0.103. The van der Waals surface area contributed by atoms with Crippen molar-refractivity contribution in [2.45, 2.75) is 25.2 Å².